The first kappa shape index (κ1) is 9.81. The molecule has 3 heteroatoms. The summed E-state index contributed by atoms with van der Waals surface area (Å²) in [4.78, 5) is 0. The minimum atomic E-state index is 0.745. The van der Waals surface area contributed by atoms with Gasteiger partial charge in [-0.05, 0) is 44.9 Å². The molecule has 0 radical (unpaired) electrons. The van der Waals surface area contributed by atoms with Gasteiger partial charge in [0.1, 0.15) is 5.75 Å². The van der Waals surface area contributed by atoms with Gasteiger partial charge in [-0.2, -0.15) is 0 Å². The van der Waals surface area contributed by atoms with E-state index in [0.29, 0.717) is 0 Å². The molecule has 0 fully saturated rings. The SMILES string of the molecule is COc1ccc2cc(Cl)ccc2c1Br. The summed E-state index contributed by atoms with van der Waals surface area (Å²) in [6.07, 6.45) is 0. The van der Waals surface area contributed by atoms with Crippen LogP contribution in [-0.4, -0.2) is 7.11 Å². The zero-order valence-electron chi connectivity index (χ0n) is 7.55. The van der Waals surface area contributed by atoms with Crippen LogP contribution in [0.5, 0.6) is 5.75 Å². The molecule has 0 amide bonds. The number of ether oxygens (including phenoxy) is 1. The molecule has 0 aromatic heterocycles. The van der Waals surface area contributed by atoms with Crippen molar-refractivity contribution in [3.05, 3.63) is 39.8 Å². The van der Waals surface area contributed by atoms with Gasteiger partial charge in [0, 0.05) is 5.02 Å². The van der Waals surface area contributed by atoms with Crippen LogP contribution in [-0.2, 0) is 0 Å². The minimum absolute atomic E-state index is 0.745. The first-order valence-corrected chi connectivity index (χ1v) is 5.31. The van der Waals surface area contributed by atoms with Crippen LogP contribution >= 0.6 is 27.5 Å². The molecule has 0 N–H and O–H groups in total. The van der Waals surface area contributed by atoms with Crippen molar-refractivity contribution >= 4 is 38.3 Å². The van der Waals surface area contributed by atoms with E-state index in [2.05, 4.69) is 15.9 Å². The van der Waals surface area contributed by atoms with Gasteiger partial charge in [0.25, 0.3) is 0 Å². The molecule has 0 bridgehead atoms. The monoisotopic (exact) mass is 270 g/mol. The second-order valence-corrected chi connectivity index (χ2v) is 4.18. The van der Waals surface area contributed by atoms with Gasteiger partial charge in [-0.1, -0.05) is 23.7 Å². The van der Waals surface area contributed by atoms with Crippen LogP contribution in [0.1, 0.15) is 0 Å². The average Bonchev–Trinajstić information content (AvgIpc) is 2.18. The lowest BCUT2D eigenvalue weighted by molar-refractivity contribution is 0.413. The Morgan fingerprint density at radius 2 is 2.00 bits per heavy atom. The molecule has 2 aromatic carbocycles. The van der Waals surface area contributed by atoms with Gasteiger partial charge in [-0.3, -0.25) is 0 Å². The van der Waals surface area contributed by atoms with E-state index in [0.717, 1.165) is 26.0 Å². The van der Waals surface area contributed by atoms with Crippen LogP contribution in [0.15, 0.2) is 34.8 Å². The number of benzene rings is 2. The van der Waals surface area contributed by atoms with Crippen molar-refractivity contribution in [2.75, 3.05) is 7.11 Å². The predicted molar refractivity (Wildman–Crippen MR) is 63.2 cm³/mol. The summed E-state index contributed by atoms with van der Waals surface area (Å²) in [6, 6.07) is 9.69. The molecule has 0 heterocycles. The largest absolute Gasteiger partial charge is 0.496 e. The fourth-order valence-electron chi connectivity index (χ4n) is 1.40. The molecular formula is C11H8BrClO. The molecule has 0 aliphatic carbocycles. The van der Waals surface area contributed by atoms with Crippen molar-refractivity contribution in [1.29, 1.82) is 0 Å². The minimum Gasteiger partial charge on any atom is -0.496 e. The second kappa shape index (κ2) is 3.79. The smallest absolute Gasteiger partial charge is 0.133 e. The Bertz CT molecular complexity index is 482. The van der Waals surface area contributed by atoms with Crippen LogP contribution in [0, 0.1) is 0 Å². The Morgan fingerprint density at radius 3 is 2.71 bits per heavy atom. The van der Waals surface area contributed by atoms with E-state index in [9.17, 15) is 0 Å². The number of hydrogen-bond donors (Lipinski definition) is 0. The fourth-order valence-corrected chi connectivity index (χ4v) is 2.24. The van der Waals surface area contributed by atoms with E-state index >= 15 is 0 Å². The Kier molecular flexibility index (Phi) is 2.66. The van der Waals surface area contributed by atoms with Crippen molar-refractivity contribution < 1.29 is 4.74 Å². The zero-order chi connectivity index (χ0) is 10.1. The maximum atomic E-state index is 5.90. The number of rotatable bonds is 1. The summed E-state index contributed by atoms with van der Waals surface area (Å²) in [6.45, 7) is 0. The van der Waals surface area contributed by atoms with E-state index in [4.69, 9.17) is 16.3 Å². The van der Waals surface area contributed by atoms with Gasteiger partial charge in [-0.25, -0.2) is 0 Å². The first-order chi connectivity index (χ1) is 6.72. The lowest BCUT2D eigenvalue weighted by Gasteiger charge is -2.06. The van der Waals surface area contributed by atoms with Gasteiger partial charge in [-0.15, -0.1) is 0 Å². The topological polar surface area (TPSA) is 9.23 Å². The van der Waals surface area contributed by atoms with E-state index in [1.165, 1.54) is 0 Å². The van der Waals surface area contributed by atoms with Gasteiger partial charge in [0.2, 0.25) is 0 Å². The molecule has 0 atom stereocenters. The predicted octanol–water partition coefficient (Wildman–Crippen LogP) is 4.26. The number of fused-ring (bicyclic) bond motifs is 1. The molecule has 2 rings (SSSR count). The molecule has 0 saturated heterocycles. The molecule has 72 valence electrons. The molecule has 0 unspecified atom stereocenters. The summed E-state index contributed by atoms with van der Waals surface area (Å²) in [5.74, 6) is 0.833. The third-order valence-electron chi connectivity index (χ3n) is 2.10. The molecular weight excluding hydrogens is 263 g/mol. The van der Waals surface area contributed by atoms with Crippen molar-refractivity contribution in [3.63, 3.8) is 0 Å². The highest BCUT2D eigenvalue weighted by Crippen LogP contribution is 2.33. The maximum Gasteiger partial charge on any atom is 0.133 e. The number of hydrogen-bond acceptors (Lipinski definition) is 1. The molecule has 14 heavy (non-hydrogen) atoms. The van der Waals surface area contributed by atoms with Crippen LogP contribution in [0.3, 0.4) is 0 Å². The summed E-state index contributed by atoms with van der Waals surface area (Å²) in [5, 5.41) is 2.95. The molecule has 0 spiro atoms. The highest BCUT2D eigenvalue weighted by atomic mass is 79.9. The van der Waals surface area contributed by atoms with E-state index in [1.807, 2.05) is 30.3 Å². The van der Waals surface area contributed by atoms with Gasteiger partial charge >= 0.3 is 0 Å². The van der Waals surface area contributed by atoms with Crippen LogP contribution in [0.25, 0.3) is 10.8 Å². The highest BCUT2D eigenvalue weighted by Gasteiger charge is 2.04. The van der Waals surface area contributed by atoms with Crippen molar-refractivity contribution in [2.24, 2.45) is 0 Å². The molecule has 1 nitrogen and oxygen atoms in total. The van der Waals surface area contributed by atoms with Crippen LogP contribution in [0.2, 0.25) is 5.02 Å². The van der Waals surface area contributed by atoms with Crippen molar-refractivity contribution in [3.8, 4) is 5.75 Å². The van der Waals surface area contributed by atoms with Crippen molar-refractivity contribution in [1.82, 2.24) is 0 Å². The Morgan fingerprint density at radius 1 is 1.21 bits per heavy atom. The van der Waals surface area contributed by atoms with Crippen molar-refractivity contribution in [2.45, 2.75) is 0 Å². The molecule has 0 saturated carbocycles. The fraction of sp³-hybridized carbons (Fsp3) is 0.0909. The zero-order valence-corrected chi connectivity index (χ0v) is 9.89. The normalized spacial score (nSPS) is 10.5. The quantitative estimate of drug-likeness (QED) is 0.753. The van der Waals surface area contributed by atoms with E-state index < -0.39 is 0 Å². The Balaban J connectivity index is 2.77. The average molecular weight is 272 g/mol. The molecule has 0 aliphatic rings. The molecule has 0 aliphatic heterocycles. The lowest BCUT2D eigenvalue weighted by Crippen LogP contribution is -1.85. The standard InChI is InChI=1S/C11H8BrClO/c1-14-10-5-2-7-6-8(13)3-4-9(7)11(10)12/h2-6H,1H3. The summed E-state index contributed by atoms with van der Waals surface area (Å²) in [5.41, 5.74) is 0. The highest BCUT2D eigenvalue weighted by molar-refractivity contribution is 9.10. The first-order valence-electron chi connectivity index (χ1n) is 4.14. The molecule has 2 aromatic rings. The number of halogens is 2. The third-order valence-corrected chi connectivity index (χ3v) is 3.15. The van der Waals surface area contributed by atoms with E-state index in [1.54, 1.807) is 7.11 Å². The summed E-state index contributed by atoms with van der Waals surface area (Å²) in [7, 11) is 1.65. The van der Waals surface area contributed by atoms with E-state index in [-0.39, 0.29) is 0 Å². The Hall–Kier alpha value is -0.730. The van der Waals surface area contributed by atoms with Crippen LogP contribution < -0.4 is 4.74 Å². The van der Waals surface area contributed by atoms with Gasteiger partial charge < -0.3 is 4.74 Å². The van der Waals surface area contributed by atoms with Gasteiger partial charge in [0.05, 0.1) is 11.6 Å². The number of methoxy groups -OCH3 is 1. The third kappa shape index (κ3) is 1.60. The summed E-state index contributed by atoms with van der Waals surface area (Å²) >= 11 is 9.40. The Labute approximate surface area is 95.8 Å². The summed E-state index contributed by atoms with van der Waals surface area (Å²) < 4.78 is 6.17. The van der Waals surface area contributed by atoms with Crippen LogP contribution in [0.4, 0.5) is 0 Å². The maximum absolute atomic E-state index is 5.90. The lowest BCUT2D eigenvalue weighted by atomic mass is 10.1. The van der Waals surface area contributed by atoms with Gasteiger partial charge in [0.15, 0.2) is 0 Å². The second-order valence-electron chi connectivity index (χ2n) is 2.95.